The maximum absolute atomic E-state index is 13.8. The molecule has 152 valence electrons. The first-order valence-corrected chi connectivity index (χ1v) is 10.6. The van der Waals surface area contributed by atoms with E-state index in [0.717, 1.165) is 11.1 Å². The summed E-state index contributed by atoms with van der Waals surface area (Å²) in [4.78, 5) is 4.75. The summed E-state index contributed by atoms with van der Waals surface area (Å²) >= 11 is 0. The summed E-state index contributed by atoms with van der Waals surface area (Å²) in [7, 11) is -2.07. The molecule has 6 nitrogen and oxygen atoms in total. The maximum atomic E-state index is 13.8. The monoisotopic (exact) mass is 406 g/mol. The first kappa shape index (κ1) is 21.8. The molecule has 1 atom stereocenters. The molecule has 8 heteroatoms. The SMILES string of the molecule is CCNC(=NCc1ccc(S(=O)(=O)NC)cc1)NC(C)c1ccc(C)c(F)c1. The van der Waals surface area contributed by atoms with Crippen LogP contribution >= 0.6 is 0 Å². The highest BCUT2D eigenvalue weighted by Gasteiger charge is 2.11. The van der Waals surface area contributed by atoms with Crippen LogP contribution in [-0.2, 0) is 16.6 Å². The summed E-state index contributed by atoms with van der Waals surface area (Å²) in [5.41, 5.74) is 2.32. The number of guanidine groups is 1. The molecule has 2 aromatic rings. The van der Waals surface area contributed by atoms with Gasteiger partial charge in [-0.2, -0.15) is 0 Å². The molecule has 2 aromatic carbocycles. The van der Waals surface area contributed by atoms with Crippen LogP contribution in [0.4, 0.5) is 4.39 Å². The fourth-order valence-corrected chi connectivity index (χ4v) is 3.28. The van der Waals surface area contributed by atoms with Gasteiger partial charge in [-0.15, -0.1) is 0 Å². The molecular formula is C20H27FN4O2S. The zero-order valence-electron chi connectivity index (χ0n) is 16.6. The summed E-state index contributed by atoms with van der Waals surface area (Å²) < 4.78 is 39.7. The Morgan fingerprint density at radius 1 is 1.18 bits per heavy atom. The van der Waals surface area contributed by atoms with E-state index >= 15 is 0 Å². The van der Waals surface area contributed by atoms with Crippen molar-refractivity contribution in [2.45, 2.75) is 38.3 Å². The van der Waals surface area contributed by atoms with E-state index in [1.807, 2.05) is 19.9 Å². The Morgan fingerprint density at radius 3 is 2.43 bits per heavy atom. The van der Waals surface area contributed by atoms with Crippen molar-refractivity contribution in [3.05, 3.63) is 65.0 Å². The molecule has 0 saturated carbocycles. The van der Waals surface area contributed by atoms with E-state index in [9.17, 15) is 12.8 Å². The number of sulfonamides is 1. The lowest BCUT2D eigenvalue weighted by Gasteiger charge is -2.18. The number of rotatable bonds is 7. The van der Waals surface area contributed by atoms with Crippen molar-refractivity contribution in [2.75, 3.05) is 13.6 Å². The van der Waals surface area contributed by atoms with Gasteiger partial charge >= 0.3 is 0 Å². The summed E-state index contributed by atoms with van der Waals surface area (Å²) in [6.45, 7) is 6.69. The summed E-state index contributed by atoms with van der Waals surface area (Å²) in [5.74, 6) is 0.368. The van der Waals surface area contributed by atoms with Gasteiger partial charge in [-0.1, -0.05) is 24.3 Å². The van der Waals surface area contributed by atoms with Crippen LogP contribution < -0.4 is 15.4 Å². The minimum Gasteiger partial charge on any atom is -0.357 e. The van der Waals surface area contributed by atoms with E-state index in [2.05, 4.69) is 20.3 Å². The second-order valence-corrected chi connectivity index (χ2v) is 8.31. The number of nitrogens with zero attached hydrogens (tertiary/aromatic N) is 1. The summed E-state index contributed by atoms with van der Waals surface area (Å²) in [6.07, 6.45) is 0. The highest BCUT2D eigenvalue weighted by atomic mass is 32.2. The highest BCUT2D eigenvalue weighted by Crippen LogP contribution is 2.16. The van der Waals surface area contributed by atoms with Crippen molar-refractivity contribution in [3.63, 3.8) is 0 Å². The molecule has 0 amide bonds. The van der Waals surface area contributed by atoms with Gasteiger partial charge in [-0.3, -0.25) is 0 Å². The van der Waals surface area contributed by atoms with E-state index in [1.54, 1.807) is 37.3 Å². The van der Waals surface area contributed by atoms with Gasteiger partial charge < -0.3 is 10.6 Å². The molecule has 0 aliphatic rings. The summed E-state index contributed by atoms with van der Waals surface area (Å²) in [6, 6.07) is 11.6. The van der Waals surface area contributed by atoms with Gasteiger partial charge in [0.2, 0.25) is 10.0 Å². The Balaban J connectivity index is 2.10. The van der Waals surface area contributed by atoms with Crippen LogP contribution in [0.15, 0.2) is 52.4 Å². The van der Waals surface area contributed by atoms with E-state index < -0.39 is 10.0 Å². The normalized spacial score (nSPS) is 13.2. The van der Waals surface area contributed by atoms with Crippen LogP contribution in [0.1, 0.15) is 36.6 Å². The van der Waals surface area contributed by atoms with Crippen LogP contribution in [0.3, 0.4) is 0 Å². The Bertz CT molecular complexity index is 928. The molecule has 0 heterocycles. The van der Waals surface area contributed by atoms with Crippen molar-refractivity contribution >= 4 is 16.0 Å². The van der Waals surface area contributed by atoms with Gasteiger partial charge in [0.15, 0.2) is 5.96 Å². The van der Waals surface area contributed by atoms with E-state index in [-0.39, 0.29) is 16.8 Å². The topological polar surface area (TPSA) is 82.6 Å². The third kappa shape index (κ3) is 5.77. The number of nitrogens with one attached hydrogen (secondary N) is 3. The molecule has 0 fully saturated rings. The summed E-state index contributed by atoms with van der Waals surface area (Å²) in [5, 5.41) is 6.43. The lowest BCUT2D eigenvalue weighted by Crippen LogP contribution is -2.38. The second kappa shape index (κ2) is 9.66. The minimum atomic E-state index is -3.45. The molecule has 0 spiro atoms. The zero-order valence-corrected chi connectivity index (χ0v) is 17.4. The molecule has 0 aliphatic heterocycles. The highest BCUT2D eigenvalue weighted by molar-refractivity contribution is 7.89. The van der Waals surface area contributed by atoms with Crippen molar-refractivity contribution < 1.29 is 12.8 Å². The Morgan fingerprint density at radius 2 is 1.86 bits per heavy atom. The number of hydrogen-bond donors (Lipinski definition) is 3. The predicted molar refractivity (Wildman–Crippen MR) is 110 cm³/mol. The Hall–Kier alpha value is -2.45. The lowest BCUT2D eigenvalue weighted by molar-refractivity contribution is 0.588. The largest absolute Gasteiger partial charge is 0.357 e. The molecule has 0 radical (unpaired) electrons. The first-order chi connectivity index (χ1) is 13.3. The predicted octanol–water partition coefficient (Wildman–Crippen LogP) is 2.86. The number of aryl methyl sites for hydroxylation is 1. The number of halogens is 1. The smallest absolute Gasteiger partial charge is 0.240 e. The second-order valence-electron chi connectivity index (χ2n) is 6.42. The van der Waals surface area contributed by atoms with Gasteiger partial charge in [0, 0.05) is 6.54 Å². The van der Waals surface area contributed by atoms with Crippen LogP contribution in [0.5, 0.6) is 0 Å². The quantitative estimate of drug-likeness (QED) is 0.488. The van der Waals surface area contributed by atoms with Crippen LogP contribution in [0.25, 0.3) is 0 Å². The van der Waals surface area contributed by atoms with Crippen LogP contribution in [-0.4, -0.2) is 28.0 Å². The number of aliphatic imine (C=N–C) groups is 1. The molecule has 0 aromatic heterocycles. The van der Waals surface area contributed by atoms with E-state index in [4.69, 9.17) is 0 Å². The average Bonchev–Trinajstić information content (AvgIpc) is 2.68. The van der Waals surface area contributed by atoms with Gasteiger partial charge in [0.05, 0.1) is 17.5 Å². The molecule has 1 unspecified atom stereocenters. The standard InChI is InChI=1S/C20H27FN4O2S/c1-5-23-20(25-15(3)17-9-6-14(2)19(21)12-17)24-13-16-7-10-18(11-8-16)28(26,27)22-4/h6-12,15,22H,5,13H2,1-4H3,(H2,23,24,25). The van der Waals surface area contributed by atoms with Crippen molar-refractivity contribution in [2.24, 2.45) is 4.99 Å². The first-order valence-electron chi connectivity index (χ1n) is 9.10. The molecule has 28 heavy (non-hydrogen) atoms. The van der Waals surface area contributed by atoms with Crippen LogP contribution in [0.2, 0.25) is 0 Å². The molecular weight excluding hydrogens is 379 g/mol. The van der Waals surface area contributed by atoms with Crippen LogP contribution in [0, 0.1) is 12.7 Å². The molecule has 3 N–H and O–H groups in total. The lowest BCUT2D eigenvalue weighted by atomic mass is 10.1. The number of hydrogen-bond acceptors (Lipinski definition) is 3. The molecule has 0 aliphatic carbocycles. The van der Waals surface area contributed by atoms with Crippen molar-refractivity contribution in [3.8, 4) is 0 Å². The number of benzene rings is 2. The van der Waals surface area contributed by atoms with Gasteiger partial charge in [0.25, 0.3) is 0 Å². The van der Waals surface area contributed by atoms with Crippen molar-refractivity contribution in [1.82, 2.24) is 15.4 Å². The zero-order chi connectivity index (χ0) is 20.7. The molecule has 2 rings (SSSR count). The Kier molecular flexibility index (Phi) is 7.53. The van der Waals surface area contributed by atoms with Gasteiger partial charge in [-0.25, -0.2) is 22.5 Å². The molecule has 0 bridgehead atoms. The van der Waals surface area contributed by atoms with Gasteiger partial charge in [-0.05, 0) is 62.7 Å². The van der Waals surface area contributed by atoms with Crippen molar-refractivity contribution in [1.29, 1.82) is 0 Å². The molecule has 0 saturated heterocycles. The third-order valence-electron chi connectivity index (χ3n) is 4.32. The van der Waals surface area contributed by atoms with E-state index in [1.165, 1.54) is 13.1 Å². The maximum Gasteiger partial charge on any atom is 0.240 e. The van der Waals surface area contributed by atoms with E-state index in [0.29, 0.717) is 24.6 Å². The fourth-order valence-electron chi connectivity index (χ4n) is 2.55. The fraction of sp³-hybridized carbons (Fsp3) is 0.350. The minimum absolute atomic E-state index is 0.129. The average molecular weight is 407 g/mol. The Labute approximate surface area is 166 Å². The van der Waals surface area contributed by atoms with Gasteiger partial charge in [0.1, 0.15) is 5.82 Å². The third-order valence-corrected chi connectivity index (χ3v) is 5.75.